The molecule has 56 valence electrons. The highest BCUT2D eigenvalue weighted by Crippen LogP contribution is 2.30. The number of rotatable bonds is 0. The van der Waals surface area contributed by atoms with E-state index in [-0.39, 0.29) is 0 Å². The molecular weight excluding hydrogens is 196 g/mol. The molecule has 0 saturated carbocycles. The molecule has 0 aliphatic carbocycles. The van der Waals surface area contributed by atoms with Gasteiger partial charge in [-0.2, -0.15) is 0 Å². The maximum Gasteiger partial charge on any atom is 0.0420 e. The van der Waals surface area contributed by atoms with Crippen LogP contribution in [0.4, 0.5) is 0 Å². The fourth-order valence-corrected chi connectivity index (χ4v) is 2.52. The van der Waals surface area contributed by atoms with Crippen molar-refractivity contribution in [2.75, 3.05) is 0 Å². The van der Waals surface area contributed by atoms with Crippen LogP contribution < -0.4 is 0 Å². The number of fused-ring (bicyclic) bond motifs is 1. The molecular formula is C8H5ClS2. The van der Waals surface area contributed by atoms with Crippen LogP contribution in [0, 0.1) is 0 Å². The predicted octanol–water partition coefficient (Wildman–Crippen LogP) is 3.84. The van der Waals surface area contributed by atoms with Crippen LogP contribution in [0.25, 0.3) is 10.1 Å². The van der Waals surface area contributed by atoms with Crippen molar-refractivity contribution >= 4 is 45.7 Å². The van der Waals surface area contributed by atoms with Crippen molar-refractivity contribution in [3.63, 3.8) is 0 Å². The quantitative estimate of drug-likeness (QED) is 0.614. The molecule has 0 nitrogen and oxygen atoms in total. The third kappa shape index (κ3) is 1.26. The number of hydrogen-bond acceptors (Lipinski definition) is 2. The first-order valence-corrected chi connectivity index (χ1v) is 4.83. The molecule has 11 heavy (non-hydrogen) atoms. The van der Waals surface area contributed by atoms with Gasteiger partial charge < -0.3 is 0 Å². The van der Waals surface area contributed by atoms with E-state index in [9.17, 15) is 0 Å². The maximum atomic E-state index is 5.81. The lowest BCUT2D eigenvalue weighted by Gasteiger charge is -1.90. The van der Waals surface area contributed by atoms with E-state index in [4.69, 9.17) is 11.6 Å². The summed E-state index contributed by atoms with van der Waals surface area (Å²) in [6.45, 7) is 0. The summed E-state index contributed by atoms with van der Waals surface area (Å²) in [7, 11) is 0. The van der Waals surface area contributed by atoms with Crippen molar-refractivity contribution in [1.29, 1.82) is 0 Å². The molecule has 0 aliphatic rings. The normalized spacial score (nSPS) is 10.7. The van der Waals surface area contributed by atoms with E-state index in [1.807, 2.05) is 23.6 Å². The first kappa shape index (κ1) is 7.47. The molecule has 1 aromatic carbocycles. The Hall–Kier alpha value is -0.180. The van der Waals surface area contributed by atoms with E-state index in [1.54, 1.807) is 11.3 Å². The molecule has 0 radical (unpaired) electrons. The van der Waals surface area contributed by atoms with Crippen molar-refractivity contribution in [2.24, 2.45) is 0 Å². The molecule has 0 saturated heterocycles. The van der Waals surface area contributed by atoms with Gasteiger partial charge in [-0.05, 0) is 12.1 Å². The van der Waals surface area contributed by atoms with Crippen molar-refractivity contribution in [2.45, 2.75) is 4.90 Å². The molecule has 1 heterocycles. The highest BCUT2D eigenvalue weighted by molar-refractivity contribution is 7.80. The van der Waals surface area contributed by atoms with Crippen molar-refractivity contribution in [3.05, 3.63) is 28.6 Å². The zero-order valence-corrected chi connectivity index (χ0v) is 8.01. The Morgan fingerprint density at radius 1 is 1.36 bits per heavy atom. The fourth-order valence-electron chi connectivity index (χ4n) is 0.988. The summed E-state index contributed by atoms with van der Waals surface area (Å²) in [6, 6.07) is 5.84. The first-order chi connectivity index (χ1) is 5.27. The third-order valence-electron chi connectivity index (χ3n) is 1.52. The molecule has 0 N–H and O–H groups in total. The van der Waals surface area contributed by atoms with Gasteiger partial charge in [0.1, 0.15) is 0 Å². The number of thiophene rings is 1. The second kappa shape index (κ2) is 2.70. The molecule has 1 aromatic heterocycles. The van der Waals surface area contributed by atoms with Gasteiger partial charge in [-0.25, -0.2) is 0 Å². The fraction of sp³-hybridized carbons (Fsp3) is 0. The van der Waals surface area contributed by atoms with Gasteiger partial charge in [0.05, 0.1) is 0 Å². The van der Waals surface area contributed by atoms with E-state index in [2.05, 4.69) is 12.6 Å². The molecule has 0 amide bonds. The largest absolute Gasteiger partial charge is 0.143 e. The molecule has 2 aromatic rings. The van der Waals surface area contributed by atoms with Gasteiger partial charge in [-0.3, -0.25) is 0 Å². The topological polar surface area (TPSA) is 0 Å². The minimum Gasteiger partial charge on any atom is -0.143 e. The summed E-state index contributed by atoms with van der Waals surface area (Å²) >= 11 is 11.8. The minimum absolute atomic E-state index is 0.785. The van der Waals surface area contributed by atoms with Crippen LogP contribution in [0.3, 0.4) is 0 Å². The van der Waals surface area contributed by atoms with Crippen LogP contribution in [0.5, 0.6) is 0 Å². The van der Waals surface area contributed by atoms with E-state index in [1.165, 1.54) is 10.1 Å². The third-order valence-corrected chi connectivity index (χ3v) is 3.24. The molecule has 3 heteroatoms. The summed E-state index contributed by atoms with van der Waals surface area (Å²) < 4.78 is 1.20. The lowest BCUT2D eigenvalue weighted by atomic mass is 10.3. The van der Waals surface area contributed by atoms with Crippen LogP contribution in [-0.4, -0.2) is 0 Å². The smallest absolute Gasteiger partial charge is 0.0420 e. The number of benzene rings is 1. The molecule has 0 atom stereocenters. The maximum absolute atomic E-state index is 5.81. The second-order valence-corrected chi connectivity index (χ2v) is 4.09. The van der Waals surface area contributed by atoms with Crippen LogP contribution >= 0.6 is 35.6 Å². The van der Waals surface area contributed by atoms with Gasteiger partial charge in [0.25, 0.3) is 0 Å². The Morgan fingerprint density at radius 2 is 2.18 bits per heavy atom. The SMILES string of the molecule is Sc1csc2cc(Cl)ccc12. The van der Waals surface area contributed by atoms with Gasteiger partial charge in [0, 0.05) is 25.4 Å². The summed E-state index contributed by atoms with van der Waals surface area (Å²) in [5.41, 5.74) is 0. The predicted molar refractivity (Wildman–Crippen MR) is 54.1 cm³/mol. The molecule has 0 unspecified atom stereocenters. The number of halogens is 1. The van der Waals surface area contributed by atoms with E-state index in [0.29, 0.717) is 0 Å². The van der Waals surface area contributed by atoms with E-state index < -0.39 is 0 Å². The van der Waals surface area contributed by atoms with Crippen LogP contribution in [0.1, 0.15) is 0 Å². The van der Waals surface area contributed by atoms with Gasteiger partial charge in [0.15, 0.2) is 0 Å². The van der Waals surface area contributed by atoms with Gasteiger partial charge in [-0.15, -0.1) is 24.0 Å². The van der Waals surface area contributed by atoms with Gasteiger partial charge in [0.2, 0.25) is 0 Å². The first-order valence-electron chi connectivity index (χ1n) is 3.13. The number of hydrogen-bond donors (Lipinski definition) is 1. The highest BCUT2D eigenvalue weighted by Gasteiger charge is 1.99. The van der Waals surface area contributed by atoms with Crippen molar-refractivity contribution in [3.8, 4) is 0 Å². The van der Waals surface area contributed by atoms with E-state index >= 15 is 0 Å². The summed E-state index contributed by atoms with van der Waals surface area (Å²) in [5.74, 6) is 0. The van der Waals surface area contributed by atoms with Crippen LogP contribution in [0.2, 0.25) is 5.02 Å². The molecule has 0 fully saturated rings. The Kier molecular flexibility index (Phi) is 1.83. The molecule has 2 rings (SSSR count). The Morgan fingerprint density at radius 3 is 3.00 bits per heavy atom. The van der Waals surface area contributed by atoms with Crippen LogP contribution in [-0.2, 0) is 0 Å². The van der Waals surface area contributed by atoms with Crippen molar-refractivity contribution in [1.82, 2.24) is 0 Å². The van der Waals surface area contributed by atoms with E-state index in [0.717, 1.165) is 9.92 Å². The average Bonchev–Trinajstić information content (AvgIpc) is 2.32. The van der Waals surface area contributed by atoms with Crippen molar-refractivity contribution < 1.29 is 0 Å². The minimum atomic E-state index is 0.785. The Labute approximate surface area is 79.2 Å². The lowest BCUT2D eigenvalue weighted by molar-refractivity contribution is 1.68. The zero-order chi connectivity index (χ0) is 7.84. The second-order valence-electron chi connectivity index (χ2n) is 2.26. The van der Waals surface area contributed by atoms with Crippen LogP contribution in [0.15, 0.2) is 28.5 Å². The molecule has 0 aliphatic heterocycles. The summed E-state index contributed by atoms with van der Waals surface area (Å²) in [6.07, 6.45) is 0. The Balaban J connectivity index is 2.86. The average molecular weight is 201 g/mol. The Bertz CT molecular complexity index is 392. The standard InChI is InChI=1S/C8H5ClS2/c9-5-1-2-6-7(10)4-11-8(6)3-5/h1-4,10H. The van der Waals surface area contributed by atoms with Gasteiger partial charge in [-0.1, -0.05) is 17.7 Å². The summed E-state index contributed by atoms with van der Waals surface area (Å²) in [4.78, 5) is 1.03. The lowest BCUT2D eigenvalue weighted by Crippen LogP contribution is -1.64. The zero-order valence-electron chi connectivity index (χ0n) is 5.54. The highest BCUT2D eigenvalue weighted by atomic mass is 35.5. The monoisotopic (exact) mass is 200 g/mol. The molecule has 0 spiro atoms. The molecule has 0 bridgehead atoms. The summed E-state index contributed by atoms with van der Waals surface area (Å²) in [5, 5.41) is 3.99. The number of thiol groups is 1. The van der Waals surface area contributed by atoms with Gasteiger partial charge >= 0.3 is 0 Å².